The Labute approximate surface area is 151 Å². The minimum atomic E-state index is -0.174. The Hall–Kier alpha value is -2.48. The van der Waals surface area contributed by atoms with Crippen LogP contribution in [0.3, 0.4) is 0 Å². The maximum Gasteiger partial charge on any atom is 0.159 e. The molecule has 0 bridgehead atoms. The molecule has 1 unspecified atom stereocenters. The third-order valence-electron chi connectivity index (χ3n) is 5.56. The van der Waals surface area contributed by atoms with Crippen LogP contribution in [0.25, 0.3) is 5.70 Å². The molecule has 0 N–H and O–H groups in total. The molecule has 0 aromatic heterocycles. The molecule has 3 rings (SSSR count). The van der Waals surface area contributed by atoms with Gasteiger partial charge in [-0.2, -0.15) is 0 Å². The van der Waals surface area contributed by atoms with Crippen molar-refractivity contribution in [3.05, 3.63) is 77.9 Å². The van der Waals surface area contributed by atoms with Crippen molar-refractivity contribution in [2.45, 2.75) is 34.1 Å². The Kier molecular flexibility index (Phi) is 4.71. The fourth-order valence-corrected chi connectivity index (χ4v) is 2.93. The zero-order valence-corrected chi connectivity index (χ0v) is 15.5. The first-order chi connectivity index (χ1) is 12.0. The van der Waals surface area contributed by atoms with E-state index in [0.29, 0.717) is 0 Å². The first-order valence-corrected chi connectivity index (χ1v) is 8.93. The molecule has 2 aromatic rings. The third-order valence-corrected chi connectivity index (χ3v) is 5.56. The standard InChI is InChI=1S/C23H26N2/c1-5-22(2,3)23(4)16-20(18-12-8-6-9-13-18)25-21(24-17-23)19-14-10-7-11-15-19/h6-17H,5H2,1-4H3. The van der Waals surface area contributed by atoms with E-state index in [-0.39, 0.29) is 10.8 Å². The van der Waals surface area contributed by atoms with Gasteiger partial charge in [-0.1, -0.05) is 88.4 Å². The van der Waals surface area contributed by atoms with Crippen LogP contribution in [0, 0.1) is 10.8 Å². The summed E-state index contributed by atoms with van der Waals surface area (Å²) in [5.74, 6) is 0.770. The van der Waals surface area contributed by atoms with E-state index >= 15 is 0 Å². The molecule has 1 heterocycles. The predicted octanol–water partition coefficient (Wildman–Crippen LogP) is 6.00. The summed E-state index contributed by atoms with van der Waals surface area (Å²) < 4.78 is 0. The fraction of sp³-hybridized carbons (Fsp3) is 0.304. The zero-order valence-electron chi connectivity index (χ0n) is 15.5. The van der Waals surface area contributed by atoms with Crippen LogP contribution in [0.2, 0.25) is 0 Å². The lowest BCUT2D eigenvalue weighted by molar-refractivity contribution is 0.216. The van der Waals surface area contributed by atoms with E-state index in [1.54, 1.807) is 0 Å². The van der Waals surface area contributed by atoms with Crippen molar-refractivity contribution >= 4 is 17.7 Å². The number of amidine groups is 1. The molecule has 0 saturated carbocycles. The summed E-state index contributed by atoms with van der Waals surface area (Å²) in [5.41, 5.74) is 3.06. The van der Waals surface area contributed by atoms with E-state index < -0.39 is 0 Å². The van der Waals surface area contributed by atoms with E-state index in [2.05, 4.69) is 76.4 Å². The molecule has 2 nitrogen and oxygen atoms in total. The number of hydrogen-bond donors (Lipinski definition) is 0. The predicted molar refractivity (Wildman–Crippen MR) is 108 cm³/mol. The topological polar surface area (TPSA) is 24.7 Å². The lowest BCUT2D eigenvalue weighted by Crippen LogP contribution is -2.34. The average Bonchev–Trinajstić information content (AvgIpc) is 2.84. The summed E-state index contributed by atoms with van der Waals surface area (Å²) in [4.78, 5) is 9.75. The van der Waals surface area contributed by atoms with Crippen LogP contribution in [0.1, 0.15) is 45.2 Å². The fourth-order valence-electron chi connectivity index (χ4n) is 2.93. The number of rotatable bonds is 4. The SMILES string of the molecule is CCC(C)(C)C1(C)C=NC(c2ccccc2)=NC(c2ccccc2)=C1. The zero-order chi connectivity index (χ0) is 17.9. The second kappa shape index (κ2) is 6.79. The number of hydrogen-bond acceptors (Lipinski definition) is 2. The van der Waals surface area contributed by atoms with Crippen LogP contribution < -0.4 is 0 Å². The van der Waals surface area contributed by atoms with Crippen LogP contribution in [0.15, 0.2) is 76.7 Å². The first kappa shape index (κ1) is 17.3. The summed E-state index contributed by atoms with van der Waals surface area (Å²) in [6.45, 7) is 9.09. The van der Waals surface area contributed by atoms with E-state index in [1.165, 1.54) is 0 Å². The van der Waals surface area contributed by atoms with E-state index in [4.69, 9.17) is 9.98 Å². The molecule has 1 atom stereocenters. The van der Waals surface area contributed by atoms with Gasteiger partial charge in [0.15, 0.2) is 5.84 Å². The van der Waals surface area contributed by atoms with Gasteiger partial charge in [-0.15, -0.1) is 0 Å². The van der Waals surface area contributed by atoms with Crippen molar-refractivity contribution in [2.75, 3.05) is 0 Å². The molecule has 1 aliphatic heterocycles. The van der Waals surface area contributed by atoms with Gasteiger partial charge in [-0.05, 0) is 23.5 Å². The highest BCUT2D eigenvalue weighted by atomic mass is 14.9. The van der Waals surface area contributed by atoms with E-state index in [9.17, 15) is 0 Å². The van der Waals surface area contributed by atoms with Crippen LogP contribution >= 0.6 is 0 Å². The maximum atomic E-state index is 4.94. The third kappa shape index (κ3) is 3.48. The molecular weight excluding hydrogens is 304 g/mol. The maximum absolute atomic E-state index is 4.94. The molecule has 1 aliphatic rings. The smallest absolute Gasteiger partial charge is 0.159 e. The normalized spacial score (nSPS) is 20.6. The molecule has 0 amide bonds. The summed E-state index contributed by atoms with van der Waals surface area (Å²) in [6.07, 6.45) is 5.43. The molecule has 2 heteroatoms. The van der Waals surface area contributed by atoms with Crippen molar-refractivity contribution in [1.29, 1.82) is 0 Å². The molecule has 0 radical (unpaired) electrons. The van der Waals surface area contributed by atoms with Gasteiger partial charge in [-0.3, -0.25) is 0 Å². The highest BCUT2D eigenvalue weighted by Crippen LogP contribution is 2.44. The van der Waals surface area contributed by atoms with E-state index in [0.717, 1.165) is 29.1 Å². The quantitative estimate of drug-likeness (QED) is 0.656. The summed E-state index contributed by atoms with van der Waals surface area (Å²) in [5, 5.41) is 0. The van der Waals surface area contributed by atoms with Gasteiger partial charge in [0, 0.05) is 17.2 Å². The van der Waals surface area contributed by atoms with Gasteiger partial charge in [0.05, 0.1) is 5.70 Å². The second-order valence-corrected chi connectivity index (χ2v) is 7.48. The van der Waals surface area contributed by atoms with Crippen LogP contribution in [0.4, 0.5) is 0 Å². The number of aliphatic imine (C=N–C) groups is 2. The summed E-state index contributed by atoms with van der Waals surface area (Å²) >= 11 is 0. The molecule has 128 valence electrons. The average molecular weight is 330 g/mol. The molecule has 0 saturated heterocycles. The van der Waals surface area contributed by atoms with Gasteiger partial charge < -0.3 is 0 Å². The molecule has 0 spiro atoms. The second-order valence-electron chi connectivity index (χ2n) is 7.48. The Bertz CT molecular complexity index is 814. The van der Waals surface area contributed by atoms with Crippen molar-refractivity contribution in [1.82, 2.24) is 0 Å². The lowest BCUT2D eigenvalue weighted by Gasteiger charge is -2.39. The first-order valence-electron chi connectivity index (χ1n) is 8.93. The molecule has 0 fully saturated rings. The highest BCUT2D eigenvalue weighted by Gasteiger charge is 2.38. The van der Waals surface area contributed by atoms with Gasteiger partial charge in [0.1, 0.15) is 0 Å². The van der Waals surface area contributed by atoms with Crippen molar-refractivity contribution < 1.29 is 0 Å². The minimum Gasteiger partial charge on any atom is -0.240 e. The molecule has 2 aromatic carbocycles. The number of benzene rings is 2. The van der Waals surface area contributed by atoms with Crippen molar-refractivity contribution in [3.63, 3.8) is 0 Å². The van der Waals surface area contributed by atoms with Gasteiger partial charge in [0.2, 0.25) is 0 Å². The van der Waals surface area contributed by atoms with Crippen LogP contribution in [0.5, 0.6) is 0 Å². The lowest BCUT2D eigenvalue weighted by atomic mass is 9.65. The van der Waals surface area contributed by atoms with Gasteiger partial charge in [0.25, 0.3) is 0 Å². The molecular formula is C23H26N2. The van der Waals surface area contributed by atoms with Crippen LogP contribution in [-0.4, -0.2) is 12.1 Å². The number of allylic oxidation sites excluding steroid dienone is 1. The van der Waals surface area contributed by atoms with Gasteiger partial charge >= 0.3 is 0 Å². The monoisotopic (exact) mass is 330 g/mol. The Morgan fingerprint density at radius 3 is 2.00 bits per heavy atom. The molecule has 25 heavy (non-hydrogen) atoms. The number of nitrogens with zero attached hydrogens (tertiary/aromatic N) is 2. The largest absolute Gasteiger partial charge is 0.240 e. The van der Waals surface area contributed by atoms with E-state index in [1.807, 2.05) is 24.3 Å². The van der Waals surface area contributed by atoms with Crippen LogP contribution in [-0.2, 0) is 0 Å². The Morgan fingerprint density at radius 1 is 0.880 bits per heavy atom. The Morgan fingerprint density at radius 2 is 1.44 bits per heavy atom. The summed E-state index contributed by atoms with van der Waals surface area (Å²) in [7, 11) is 0. The minimum absolute atomic E-state index is 0.0815. The molecule has 0 aliphatic carbocycles. The highest BCUT2D eigenvalue weighted by molar-refractivity contribution is 6.07. The Balaban J connectivity index is 2.17. The van der Waals surface area contributed by atoms with Gasteiger partial charge in [-0.25, -0.2) is 9.98 Å². The summed E-state index contributed by atoms with van der Waals surface area (Å²) in [6, 6.07) is 20.6. The van der Waals surface area contributed by atoms with Crippen molar-refractivity contribution in [2.24, 2.45) is 20.8 Å². The van der Waals surface area contributed by atoms with Crippen molar-refractivity contribution in [3.8, 4) is 0 Å².